The number of carbonyl (C=O) groups is 1. The Bertz CT molecular complexity index is 422. The monoisotopic (exact) mass is 276 g/mol. The van der Waals surface area contributed by atoms with Crippen LogP contribution < -0.4 is 10.5 Å². The molecule has 1 fully saturated rings. The van der Waals surface area contributed by atoms with Crippen LogP contribution in [0.5, 0.6) is 5.75 Å². The van der Waals surface area contributed by atoms with Gasteiger partial charge in [0.25, 0.3) is 0 Å². The Kier molecular flexibility index (Phi) is 5.41. The maximum absolute atomic E-state index is 12.3. The van der Waals surface area contributed by atoms with Crippen molar-refractivity contribution in [1.82, 2.24) is 4.90 Å². The van der Waals surface area contributed by atoms with Crippen molar-refractivity contribution >= 4 is 5.91 Å². The number of para-hydroxylation sites is 1. The van der Waals surface area contributed by atoms with E-state index in [4.69, 9.17) is 10.5 Å². The summed E-state index contributed by atoms with van der Waals surface area (Å²) in [5.74, 6) is 1.46. The molecule has 0 radical (unpaired) electrons. The summed E-state index contributed by atoms with van der Waals surface area (Å²) in [5.41, 5.74) is 5.82. The van der Waals surface area contributed by atoms with E-state index in [2.05, 4.69) is 6.92 Å². The average molecular weight is 276 g/mol. The van der Waals surface area contributed by atoms with E-state index in [1.54, 1.807) is 0 Å². The maximum Gasteiger partial charge on any atom is 0.226 e. The molecule has 1 amide bonds. The fraction of sp³-hybridized carbons (Fsp3) is 0.562. The van der Waals surface area contributed by atoms with Gasteiger partial charge in [0.1, 0.15) is 5.75 Å². The highest BCUT2D eigenvalue weighted by atomic mass is 16.5. The van der Waals surface area contributed by atoms with Gasteiger partial charge in [-0.25, -0.2) is 0 Å². The first-order chi connectivity index (χ1) is 9.72. The lowest BCUT2D eigenvalue weighted by molar-refractivity contribution is -0.136. The van der Waals surface area contributed by atoms with E-state index >= 15 is 0 Å². The molecule has 0 saturated carbocycles. The summed E-state index contributed by atoms with van der Waals surface area (Å²) < 4.78 is 5.58. The molecule has 0 bridgehead atoms. The molecule has 4 nitrogen and oxygen atoms in total. The molecule has 0 spiro atoms. The Morgan fingerprint density at radius 3 is 2.85 bits per heavy atom. The van der Waals surface area contributed by atoms with Gasteiger partial charge in [0.15, 0.2) is 0 Å². The highest BCUT2D eigenvalue weighted by molar-refractivity contribution is 5.76. The van der Waals surface area contributed by atoms with Crippen molar-refractivity contribution in [3.63, 3.8) is 0 Å². The predicted molar refractivity (Wildman–Crippen MR) is 79.5 cm³/mol. The average Bonchev–Trinajstić information content (AvgIpc) is 2.48. The number of hydrogen-bond acceptors (Lipinski definition) is 3. The molecular formula is C16H24N2O2. The SMILES string of the molecule is CC1CCCN(C(=O)CCOc2ccccc2)C1CN. The molecule has 4 heteroatoms. The Labute approximate surface area is 120 Å². The van der Waals surface area contributed by atoms with E-state index in [1.165, 1.54) is 0 Å². The predicted octanol–water partition coefficient (Wildman–Crippen LogP) is 2.04. The highest BCUT2D eigenvalue weighted by Crippen LogP contribution is 2.23. The van der Waals surface area contributed by atoms with Gasteiger partial charge in [-0.05, 0) is 30.9 Å². The maximum atomic E-state index is 12.3. The van der Waals surface area contributed by atoms with E-state index in [0.29, 0.717) is 25.5 Å². The van der Waals surface area contributed by atoms with Gasteiger partial charge in [0.2, 0.25) is 5.91 Å². The van der Waals surface area contributed by atoms with Gasteiger partial charge in [-0.15, -0.1) is 0 Å². The van der Waals surface area contributed by atoms with Gasteiger partial charge < -0.3 is 15.4 Å². The van der Waals surface area contributed by atoms with E-state index in [0.717, 1.165) is 25.1 Å². The molecule has 1 aliphatic heterocycles. The molecule has 2 atom stereocenters. The van der Waals surface area contributed by atoms with Crippen molar-refractivity contribution in [2.75, 3.05) is 19.7 Å². The first-order valence-corrected chi connectivity index (χ1v) is 7.39. The number of nitrogens with two attached hydrogens (primary N) is 1. The number of amides is 1. The number of hydrogen-bond donors (Lipinski definition) is 1. The van der Waals surface area contributed by atoms with Crippen LogP contribution in [0.15, 0.2) is 30.3 Å². The minimum atomic E-state index is 0.155. The number of ether oxygens (including phenoxy) is 1. The quantitative estimate of drug-likeness (QED) is 0.895. The summed E-state index contributed by atoms with van der Waals surface area (Å²) in [7, 11) is 0. The molecule has 0 aromatic heterocycles. The zero-order valence-electron chi connectivity index (χ0n) is 12.1. The summed E-state index contributed by atoms with van der Waals surface area (Å²) in [6, 6.07) is 9.78. The molecule has 2 unspecified atom stereocenters. The third-order valence-electron chi connectivity index (χ3n) is 4.01. The number of carbonyl (C=O) groups excluding carboxylic acids is 1. The molecule has 2 rings (SSSR count). The number of rotatable bonds is 5. The minimum absolute atomic E-state index is 0.155. The van der Waals surface area contributed by atoms with Crippen molar-refractivity contribution in [3.8, 4) is 5.75 Å². The zero-order valence-corrected chi connectivity index (χ0v) is 12.1. The molecule has 1 aromatic rings. The summed E-state index contributed by atoms with van der Waals surface area (Å²) in [6.07, 6.45) is 2.65. The Morgan fingerprint density at radius 1 is 1.40 bits per heavy atom. The fourth-order valence-corrected chi connectivity index (χ4v) is 2.83. The van der Waals surface area contributed by atoms with E-state index in [1.807, 2.05) is 35.2 Å². The molecule has 110 valence electrons. The number of nitrogens with zero attached hydrogens (tertiary/aromatic N) is 1. The van der Waals surface area contributed by atoms with Crippen LogP contribution in [-0.2, 0) is 4.79 Å². The van der Waals surface area contributed by atoms with Gasteiger partial charge in [-0.3, -0.25) is 4.79 Å². The summed E-state index contributed by atoms with van der Waals surface area (Å²) in [5, 5.41) is 0. The molecular weight excluding hydrogens is 252 g/mol. The van der Waals surface area contributed by atoms with Crippen molar-refractivity contribution < 1.29 is 9.53 Å². The molecule has 0 aliphatic carbocycles. The van der Waals surface area contributed by atoms with Crippen molar-refractivity contribution in [1.29, 1.82) is 0 Å². The molecule has 1 heterocycles. The van der Waals surface area contributed by atoms with Crippen LogP contribution in [0, 0.1) is 5.92 Å². The minimum Gasteiger partial charge on any atom is -0.493 e. The lowest BCUT2D eigenvalue weighted by atomic mass is 9.90. The van der Waals surface area contributed by atoms with Crippen molar-refractivity contribution in [3.05, 3.63) is 30.3 Å². The van der Waals surface area contributed by atoms with Crippen molar-refractivity contribution in [2.24, 2.45) is 11.7 Å². The Balaban J connectivity index is 1.82. The smallest absolute Gasteiger partial charge is 0.226 e. The van der Waals surface area contributed by atoms with Crippen LogP contribution in [0.2, 0.25) is 0 Å². The third kappa shape index (κ3) is 3.73. The fourth-order valence-electron chi connectivity index (χ4n) is 2.83. The number of benzene rings is 1. The lowest BCUT2D eigenvalue weighted by Gasteiger charge is -2.39. The molecule has 2 N–H and O–H groups in total. The van der Waals surface area contributed by atoms with Crippen LogP contribution in [0.25, 0.3) is 0 Å². The highest BCUT2D eigenvalue weighted by Gasteiger charge is 2.30. The van der Waals surface area contributed by atoms with Gasteiger partial charge in [0, 0.05) is 19.1 Å². The third-order valence-corrected chi connectivity index (χ3v) is 4.01. The first kappa shape index (κ1) is 14.9. The summed E-state index contributed by atoms with van der Waals surface area (Å²) in [4.78, 5) is 14.2. The van der Waals surface area contributed by atoms with Crippen LogP contribution in [0.4, 0.5) is 0 Å². The largest absolute Gasteiger partial charge is 0.493 e. The molecule has 20 heavy (non-hydrogen) atoms. The van der Waals surface area contributed by atoms with Gasteiger partial charge in [0.05, 0.1) is 13.0 Å². The number of likely N-dealkylation sites (tertiary alicyclic amines) is 1. The van der Waals surface area contributed by atoms with Crippen LogP contribution in [0.3, 0.4) is 0 Å². The second kappa shape index (κ2) is 7.29. The standard InChI is InChI=1S/C16H24N2O2/c1-13-6-5-10-18(15(13)12-17)16(19)9-11-20-14-7-3-2-4-8-14/h2-4,7-8,13,15H,5-6,9-12,17H2,1H3. The van der Waals surface area contributed by atoms with E-state index in [-0.39, 0.29) is 11.9 Å². The molecule has 1 saturated heterocycles. The summed E-state index contributed by atoms with van der Waals surface area (Å²) in [6.45, 7) is 3.98. The van der Waals surface area contributed by atoms with Gasteiger partial charge in [-0.2, -0.15) is 0 Å². The molecule has 1 aromatic carbocycles. The lowest BCUT2D eigenvalue weighted by Crippen LogP contribution is -2.51. The van der Waals surface area contributed by atoms with Crippen molar-refractivity contribution in [2.45, 2.75) is 32.2 Å². The van der Waals surface area contributed by atoms with Gasteiger partial charge in [-0.1, -0.05) is 25.1 Å². The first-order valence-electron chi connectivity index (χ1n) is 7.39. The Morgan fingerprint density at radius 2 is 2.15 bits per heavy atom. The van der Waals surface area contributed by atoms with Crippen LogP contribution in [0.1, 0.15) is 26.2 Å². The number of piperidine rings is 1. The second-order valence-electron chi connectivity index (χ2n) is 5.42. The van der Waals surface area contributed by atoms with E-state index in [9.17, 15) is 4.79 Å². The second-order valence-corrected chi connectivity index (χ2v) is 5.42. The van der Waals surface area contributed by atoms with E-state index < -0.39 is 0 Å². The Hall–Kier alpha value is -1.55. The van der Waals surface area contributed by atoms with Gasteiger partial charge >= 0.3 is 0 Å². The normalized spacial score (nSPS) is 22.6. The van der Waals surface area contributed by atoms with Crippen LogP contribution >= 0.6 is 0 Å². The van der Waals surface area contributed by atoms with Crippen LogP contribution in [-0.4, -0.2) is 36.5 Å². The summed E-state index contributed by atoms with van der Waals surface area (Å²) >= 11 is 0. The zero-order chi connectivity index (χ0) is 14.4. The topological polar surface area (TPSA) is 55.6 Å². The molecule has 1 aliphatic rings.